The second-order valence-electron chi connectivity index (χ2n) is 4.09. The number of hydrogen-bond acceptors (Lipinski definition) is 2. The van der Waals surface area contributed by atoms with Gasteiger partial charge in [0.1, 0.15) is 5.75 Å². The van der Waals surface area contributed by atoms with E-state index in [0.717, 1.165) is 18.8 Å². The van der Waals surface area contributed by atoms with Crippen molar-refractivity contribution in [3.63, 3.8) is 0 Å². The smallest absolute Gasteiger partial charge is 0.119 e. The minimum Gasteiger partial charge on any atom is -0.491 e. The van der Waals surface area contributed by atoms with E-state index in [2.05, 4.69) is 29.6 Å². The summed E-state index contributed by atoms with van der Waals surface area (Å²) in [6.45, 7) is 6.32. The molecular formula is C12H18ClNO. The van der Waals surface area contributed by atoms with Crippen molar-refractivity contribution in [2.24, 2.45) is 0 Å². The quantitative estimate of drug-likeness (QED) is 0.857. The van der Waals surface area contributed by atoms with Gasteiger partial charge in [-0.1, -0.05) is 12.1 Å². The highest BCUT2D eigenvalue weighted by molar-refractivity contribution is 5.85. The predicted octanol–water partition coefficient (Wildman–Crippen LogP) is 2.58. The van der Waals surface area contributed by atoms with Gasteiger partial charge in [0.25, 0.3) is 0 Å². The molecule has 0 atom stereocenters. The molecule has 0 amide bonds. The molecule has 1 aliphatic heterocycles. The summed E-state index contributed by atoms with van der Waals surface area (Å²) in [6.07, 6.45) is 0.256. The summed E-state index contributed by atoms with van der Waals surface area (Å²) >= 11 is 0. The van der Waals surface area contributed by atoms with Crippen LogP contribution in [0.3, 0.4) is 0 Å². The lowest BCUT2D eigenvalue weighted by Gasteiger charge is -2.27. The number of hydrogen-bond donors (Lipinski definition) is 1. The number of benzene rings is 1. The van der Waals surface area contributed by atoms with Crippen molar-refractivity contribution in [1.82, 2.24) is 5.32 Å². The molecule has 1 N–H and O–H groups in total. The fourth-order valence-corrected chi connectivity index (χ4v) is 1.62. The predicted molar refractivity (Wildman–Crippen MR) is 65.1 cm³/mol. The number of nitrogens with one attached hydrogen (secondary N) is 1. The Hall–Kier alpha value is -0.730. The Morgan fingerprint density at radius 3 is 2.20 bits per heavy atom. The molecule has 1 aliphatic rings. The molecule has 0 unspecified atom stereocenters. The van der Waals surface area contributed by atoms with Crippen molar-refractivity contribution >= 4 is 12.4 Å². The van der Waals surface area contributed by atoms with E-state index in [-0.39, 0.29) is 18.5 Å². The van der Waals surface area contributed by atoms with E-state index in [0.29, 0.717) is 5.92 Å². The molecule has 1 aromatic rings. The van der Waals surface area contributed by atoms with Crippen LogP contribution in [0.25, 0.3) is 0 Å². The van der Waals surface area contributed by atoms with Gasteiger partial charge in [0.05, 0.1) is 6.10 Å². The van der Waals surface area contributed by atoms with Gasteiger partial charge in [0.15, 0.2) is 0 Å². The Balaban J connectivity index is 0.00000112. The minimum atomic E-state index is 0. The van der Waals surface area contributed by atoms with Crippen LogP contribution in [0.1, 0.15) is 25.3 Å². The highest BCUT2D eigenvalue weighted by Crippen LogP contribution is 2.22. The van der Waals surface area contributed by atoms with Crippen molar-refractivity contribution in [3.8, 4) is 5.75 Å². The first-order valence-corrected chi connectivity index (χ1v) is 5.23. The largest absolute Gasteiger partial charge is 0.491 e. The molecule has 1 saturated heterocycles. The van der Waals surface area contributed by atoms with Crippen LogP contribution in [0, 0.1) is 0 Å². The summed E-state index contributed by atoms with van der Waals surface area (Å²) in [5.41, 5.74) is 1.42. The summed E-state index contributed by atoms with van der Waals surface area (Å²) in [4.78, 5) is 0. The molecule has 84 valence electrons. The zero-order chi connectivity index (χ0) is 9.97. The minimum absolute atomic E-state index is 0. The topological polar surface area (TPSA) is 21.3 Å². The molecule has 0 saturated carbocycles. The van der Waals surface area contributed by atoms with Crippen LogP contribution in [0.2, 0.25) is 0 Å². The first kappa shape index (κ1) is 12.3. The van der Waals surface area contributed by atoms with Crippen LogP contribution < -0.4 is 10.1 Å². The van der Waals surface area contributed by atoms with Crippen LogP contribution in [0.4, 0.5) is 0 Å². The first-order chi connectivity index (χ1) is 6.75. The van der Waals surface area contributed by atoms with Gasteiger partial charge in [-0.3, -0.25) is 0 Å². The van der Waals surface area contributed by atoms with E-state index in [1.165, 1.54) is 5.56 Å². The van der Waals surface area contributed by atoms with Crippen LogP contribution in [-0.2, 0) is 0 Å². The molecule has 0 aromatic heterocycles. The lowest BCUT2D eigenvalue weighted by molar-refractivity contribution is 0.242. The second-order valence-corrected chi connectivity index (χ2v) is 4.09. The van der Waals surface area contributed by atoms with Gasteiger partial charge in [0.2, 0.25) is 0 Å². The molecule has 0 aliphatic carbocycles. The lowest BCUT2D eigenvalue weighted by atomic mass is 9.94. The van der Waals surface area contributed by atoms with Crippen LogP contribution in [0.5, 0.6) is 5.75 Å². The van der Waals surface area contributed by atoms with Gasteiger partial charge in [-0.2, -0.15) is 0 Å². The molecule has 15 heavy (non-hydrogen) atoms. The monoisotopic (exact) mass is 227 g/mol. The maximum Gasteiger partial charge on any atom is 0.119 e. The number of halogens is 1. The van der Waals surface area contributed by atoms with E-state index < -0.39 is 0 Å². The van der Waals surface area contributed by atoms with Gasteiger partial charge in [0, 0.05) is 19.0 Å². The van der Waals surface area contributed by atoms with Crippen molar-refractivity contribution in [2.45, 2.75) is 25.9 Å². The Bertz CT molecular complexity index is 293. The highest BCUT2D eigenvalue weighted by atomic mass is 35.5. The average Bonchev–Trinajstić information content (AvgIpc) is 2.04. The highest BCUT2D eigenvalue weighted by Gasteiger charge is 2.18. The molecule has 2 nitrogen and oxygen atoms in total. The molecule has 0 spiro atoms. The summed E-state index contributed by atoms with van der Waals surface area (Å²) in [5.74, 6) is 1.68. The SMILES string of the molecule is CC(C)Oc1ccc(C2CNC2)cc1.Cl. The average molecular weight is 228 g/mol. The summed E-state index contributed by atoms with van der Waals surface area (Å²) in [6, 6.07) is 8.47. The maximum atomic E-state index is 5.58. The van der Waals surface area contributed by atoms with Crippen molar-refractivity contribution in [3.05, 3.63) is 29.8 Å². The van der Waals surface area contributed by atoms with Crippen molar-refractivity contribution < 1.29 is 4.74 Å². The van der Waals surface area contributed by atoms with E-state index in [1.807, 2.05) is 13.8 Å². The van der Waals surface area contributed by atoms with Crippen molar-refractivity contribution in [2.75, 3.05) is 13.1 Å². The Morgan fingerprint density at radius 1 is 1.20 bits per heavy atom. The summed E-state index contributed by atoms with van der Waals surface area (Å²) < 4.78 is 5.58. The number of ether oxygens (including phenoxy) is 1. The van der Waals surface area contributed by atoms with Gasteiger partial charge >= 0.3 is 0 Å². The zero-order valence-electron chi connectivity index (χ0n) is 9.19. The van der Waals surface area contributed by atoms with Gasteiger partial charge < -0.3 is 10.1 Å². The Morgan fingerprint density at radius 2 is 1.80 bits per heavy atom. The third kappa shape index (κ3) is 3.11. The first-order valence-electron chi connectivity index (χ1n) is 5.23. The summed E-state index contributed by atoms with van der Waals surface area (Å²) in [5, 5.41) is 3.28. The third-order valence-corrected chi connectivity index (χ3v) is 2.50. The maximum absolute atomic E-state index is 5.58. The molecule has 3 heteroatoms. The lowest BCUT2D eigenvalue weighted by Crippen LogP contribution is -2.39. The second kappa shape index (κ2) is 5.38. The molecule has 1 heterocycles. The standard InChI is InChI=1S/C12H17NO.ClH/c1-9(2)14-12-5-3-10(4-6-12)11-7-13-8-11;/h3-6,9,11,13H,7-8H2,1-2H3;1H. The van der Waals surface area contributed by atoms with Gasteiger partial charge in [-0.05, 0) is 31.5 Å². The van der Waals surface area contributed by atoms with E-state index in [9.17, 15) is 0 Å². The van der Waals surface area contributed by atoms with Crippen LogP contribution in [0.15, 0.2) is 24.3 Å². The Labute approximate surface area is 97.4 Å². The van der Waals surface area contributed by atoms with Crippen LogP contribution >= 0.6 is 12.4 Å². The van der Waals surface area contributed by atoms with Gasteiger partial charge in [-0.25, -0.2) is 0 Å². The summed E-state index contributed by atoms with van der Waals surface area (Å²) in [7, 11) is 0. The Kier molecular flexibility index (Phi) is 4.43. The molecule has 2 rings (SSSR count). The zero-order valence-corrected chi connectivity index (χ0v) is 10.0. The third-order valence-electron chi connectivity index (χ3n) is 2.50. The number of rotatable bonds is 3. The van der Waals surface area contributed by atoms with E-state index >= 15 is 0 Å². The fraction of sp³-hybridized carbons (Fsp3) is 0.500. The molecule has 0 bridgehead atoms. The molecule has 0 radical (unpaired) electrons. The fourth-order valence-electron chi connectivity index (χ4n) is 1.62. The van der Waals surface area contributed by atoms with Crippen LogP contribution in [-0.4, -0.2) is 19.2 Å². The van der Waals surface area contributed by atoms with E-state index in [1.54, 1.807) is 0 Å². The van der Waals surface area contributed by atoms with Crippen molar-refractivity contribution in [1.29, 1.82) is 0 Å². The van der Waals surface area contributed by atoms with Gasteiger partial charge in [-0.15, -0.1) is 12.4 Å². The van der Waals surface area contributed by atoms with E-state index in [4.69, 9.17) is 4.74 Å². The normalized spacial score (nSPS) is 15.7. The molecular weight excluding hydrogens is 210 g/mol. The molecule has 1 aromatic carbocycles. The molecule has 1 fully saturated rings.